The van der Waals surface area contributed by atoms with Crippen molar-refractivity contribution in [3.63, 3.8) is 0 Å². The van der Waals surface area contributed by atoms with E-state index in [9.17, 15) is 19.5 Å². The normalized spacial score (nSPS) is 22.8. The number of aliphatic carboxylic acids is 1. The molecule has 4 atom stereocenters. The number of halogens is 1. The van der Waals surface area contributed by atoms with Gasteiger partial charge in [0.25, 0.3) is 5.91 Å². The molecule has 5 N–H and O–H groups in total. The zero-order valence-electron chi connectivity index (χ0n) is 24.0. The molecule has 0 radical (unpaired) electrons. The first kappa shape index (κ1) is 29.9. The quantitative estimate of drug-likeness (QED) is 0.292. The summed E-state index contributed by atoms with van der Waals surface area (Å²) in [4.78, 5) is 43.5. The highest BCUT2D eigenvalue weighted by atomic mass is 79.9. The Bertz CT molecular complexity index is 1410. The Morgan fingerprint density at radius 1 is 1.19 bits per heavy atom. The van der Waals surface area contributed by atoms with Gasteiger partial charge in [-0.2, -0.15) is 0 Å². The van der Waals surface area contributed by atoms with E-state index >= 15 is 0 Å². The first-order valence-corrected chi connectivity index (χ1v) is 15.2. The van der Waals surface area contributed by atoms with E-state index in [0.29, 0.717) is 49.4 Å². The molecule has 0 spiro atoms. The fourth-order valence-corrected chi connectivity index (χ4v) is 7.08. The maximum atomic E-state index is 14.3. The number of nitrogens with two attached hydrogens (primary N) is 2. The second kappa shape index (κ2) is 12.3. The molecule has 5 rings (SSSR count). The Labute approximate surface area is 254 Å². The van der Waals surface area contributed by atoms with Crippen LogP contribution in [0.5, 0.6) is 5.75 Å². The van der Waals surface area contributed by atoms with Crippen LogP contribution in [0.3, 0.4) is 0 Å². The molecular weight excluding hydrogens is 602 g/mol. The van der Waals surface area contributed by atoms with E-state index in [0.717, 1.165) is 34.0 Å². The van der Waals surface area contributed by atoms with Crippen LogP contribution < -0.4 is 16.3 Å². The predicted molar refractivity (Wildman–Crippen MR) is 161 cm³/mol. The minimum atomic E-state index is -0.931. The van der Waals surface area contributed by atoms with Crippen molar-refractivity contribution in [1.29, 1.82) is 0 Å². The molecule has 11 heteroatoms. The van der Waals surface area contributed by atoms with E-state index in [1.165, 1.54) is 5.01 Å². The Morgan fingerprint density at radius 2 is 1.90 bits per heavy atom. The van der Waals surface area contributed by atoms with Gasteiger partial charge in [0, 0.05) is 48.5 Å². The molecule has 10 nitrogen and oxygen atoms in total. The van der Waals surface area contributed by atoms with Gasteiger partial charge in [0.15, 0.2) is 0 Å². The molecule has 0 aromatic heterocycles. The fraction of sp³-hybridized carbons (Fsp3) is 0.452. The van der Waals surface area contributed by atoms with E-state index in [-0.39, 0.29) is 18.4 Å². The van der Waals surface area contributed by atoms with Gasteiger partial charge in [0.2, 0.25) is 5.91 Å². The zero-order valence-corrected chi connectivity index (χ0v) is 25.5. The lowest BCUT2D eigenvalue weighted by atomic mass is 9.77. The zero-order chi connectivity index (χ0) is 30.1. The van der Waals surface area contributed by atoms with Crippen molar-refractivity contribution in [3.05, 3.63) is 75.0 Å². The number of carboxylic acid groups (broad SMARTS) is 1. The third-order valence-electron chi connectivity index (χ3n) is 8.67. The Balaban J connectivity index is 1.56. The van der Waals surface area contributed by atoms with Crippen LogP contribution in [0.4, 0.5) is 0 Å². The summed E-state index contributed by atoms with van der Waals surface area (Å²) in [6.45, 7) is 2.91. The maximum absolute atomic E-state index is 14.3. The lowest BCUT2D eigenvalue weighted by molar-refractivity contribution is -0.153. The smallest absolute Gasteiger partial charge is 0.307 e. The van der Waals surface area contributed by atoms with Crippen molar-refractivity contribution in [2.45, 2.75) is 57.7 Å². The summed E-state index contributed by atoms with van der Waals surface area (Å²) in [5.41, 5.74) is 10.1. The summed E-state index contributed by atoms with van der Waals surface area (Å²) in [5, 5.41) is 11.3. The summed E-state index contributed by atoms with van der Waals surface area (Å²) in [5.74, 6) is 3.80. The van der Waals surface area contributed by atoms with Crippen molar-refractivity contribution in [2.24, 2.45) is 23.4 Å². The first-order chi connectivity index (χ1) is 20.1. The van der Waals surface area contributed by atoms with E-state index < -0.39 is 30.0 Å². The molecule has 2 unspecified atom stereocenters. The molecule has 0 saturated heterocycles. The van der Waals surface area contributed by atoms with Crippen LogP contribution in [0, 0.1) is 11.8 Å². The molecule has 1 aliphatic carbocycles. The number of benzene rings is 2. The second-order valence-electron chi connectivity index (χ2n) is 11.5. The number of hydrogen-bond donors (Lipinski definition) is 3. The molecule has 2 aliphatic heterocycles. The number of nitrogens with zero attached hydrogens (tertiary/aromatic N) is 3. The molecule has 2 aromatic rings. The summed E-state index contributed by atoms with van der Waals surface area (Å²) in [6, 6.07) is 10.8. The number of fused-ring (bicyclic) bond motifs is 2. The molecule has 2 amide bonds. The lowest BCUT2D eigenvalue weighted by Crippen LogP contribution is -2.50. The van der Waals surface area contributed by atoms with Gasteiger partial charge in [-0.15, -0.1) is 0 Å². The molecule has 42 heavy (non-hydrogen) atoms. The predicted octanol–water partition coefficient (Wildman–Crippen LogP) is 3.79. The average Bonchev–Trinajstić information content (AvgIpc) is 3.28. The van der Waals surface area contributed by atoms with Crippen LogP contribution in [0.15, 0.2) is 52.8 Å². The highest BCUT2D eigenvalue weighted by molar-refractivity contribution is 9.10. The Hall–Kier alpha value is -3.57. The van der Waals surface area contributed by atoms with Crippen LogP contribution >= 0.6 is 15.9 Å². The van der Waals surface area contributed by atoms with Crippen molar-refractivity contribution >= 4 is 33.7 Å². The standard InChI is InChI=1S/C31H38BrN5O5/c1-18(25(33)16-35(2)34)42-27-12-11-24(32)23-13-14-37(30(39)21-9-5-6-10-22(21)31(40)41)26(28(23)27)17-36-15-19-7-3-4-8-20(19)29(36)38/h3-4,7-8,11-12,16,18,21-22,26H,5-6,9-10,13-15,17,33-34H2,1-2H3,(H,40,41)/b25-16-/t18?,21-,22+,26?/m1/s1. The molecule has 3 aliphatic rings. The van der Waals surface area contributed by atoms with Gasteiger partial charge in [-0.25, -0.2) is 5.84 Å². The SMILES string of the molecule is CC(Oc1ccc(Br)c2c1C(CN1Cc3ccccc3C1=O)N(C(=O)[C@@H]1CCCC[C@@H]1C(=O)O)CC2)/C(N)=C/N(C)N. The van der Waals surface area contributed by atoms with Crippen LogP contribution in [0.2, 0.25) is 0 Å². The maximum Gasteiger partial charge on any atom is 0.307 e. The largest absolute Gasteiger partial charge is 0.484 e. The van der Waals surface area contributed by atoms with E-state index in [4.69, 9.17) is 16.3 Å². The number of amides is 2. The van der Waals surface area contributed by atoms with Crippen LogP contribution in [0.25, 0.3) is 0 Å². The molecule has 0 bridgehead atoms. The van der Waals surface area contributed by atoms with Gasteiger partial charge in [0.05, 0.1) is 23.6 Å². The van der Waals surface area contributed by atoms with E-state index in [1.54, 1.807) is 23.0 Å². The van der Waals surface area contributed by atoms with Crippen molar-refractivity contribution in [3.8, 4) is 5.75 Å². The topological polar surface area (TPSA) is 142 Å². The van der Waals surface area contributed by atoms with Crippen LogP contribution in [-0.4, -0.2) is 63.9 Å². The van der Waals surface area contributed by atoms with Gasteiger partial charge in [-0.1, -0.05) is 47.0 Å². The average molecular weight is 641 g/mol. The number of hydrogen-bond acceptors (Lipinski definition) is 7. The molecular formula is C31H38BrN5O5. The summed E-state index contributed by atoms with van der Waals surface area (Å²) in [7, 11) is 1.67. The highest BCUT2D eigenvalue weighted by Crippen LogP contribution is 2.44. The van der Waals surface area contributed by atoms with E-state index in [1.807, 2.05) is 43.3 Å². The third-order valence-corrected chi connectivity index (χ3v) is 9.41. The fourth-order valence-electron chi connectivity index (χ4n) is 6.54. The lowest BCUT2D eigenvalue weighted by Gasteiger charge is -2.43. The molecule has 1 fully saturated rings. The van der Waals surface area contributed by atoms with Gasteiger partial charge in [-0.05, 0) is 55.5 Å². The number of rotatable bonds is 8. The Kier molecular flexibility index (Phi) is 8.79. The minimum Gasteiger partial charge on any atom is -0.484 e. The molecule has 2 aromatic carbocycles. The number of carbonyl (C=O) groups excluding carboxylic acids is 2. The van der Waals surface area contributed by atoms with Gasteiger partial charge in [0.1, 0.15) is 11.9 Å². The first-order valence-electron chi connectivity index (χ1n) is 14.4. The van der Waals surface area contributed by atoms with Crippen molar-refractivity contribution in [2.75, 3.05) is 20.1 Å². The molecule has 224 valence electrons. The molecule has 1 saturated carbocycles. The minimum absolute atomic E-state index is 0.0878. The second-order valence-corrected chi connectivity index (χ2v) is 12.3. The van der Waals surface area contributed by atoms with Crippen molar-refractivity contribution < 1.29 is 24.2 Å². The summed E-state index contributed by atoms with van der Waals surface area (Å²) >= 11 is 3.71. The monoisotopic (exact) mass is 639 g/mol. The van der Waals surface area contributed by atoms with Gasteiger partial charge >= 0.3 is 5.97 Å². The van der Waals surface area contributed by atoms with Crippen molar-refractivity contribution in [1.82, 2.24) is 14.8 Å². The molecule has 2 heterocycles. The third kappa shape index (κ3) is 5.85. The number of hydrazine groups is 1. The van der Waals surface area contributed by atoms with Crippen LogP contribution in [0.1, 0.15) is 65.7 Å². The van der Waals surface area contributed by atoms with Gasteiger partial charge < -0.3 is 30.4 Å². The highest BCUT2D eigenvalue weighted by Gasteiger charge is 2.44. The number of carbonyl (C=O) groups is 3. The Morgan fingerprint density at radius 3 is 2.60 bits per heavy atom. The van der Waals surface area contributed by atoms with Gasteiger partial charge in [-0.3, -0.25) is 14.4 Å². The number of ether oxygens (including phenoxy) is 1. The summed E-state index contributed by atoms with van der Waals surface area (Å²) < 4.78 is 7.30. The number of carboxylic acids is 1. The van der Waals surface area contributed by atoms with E-state index in [2.05, 4.69) is 15.9 Å². The van der Waals surface area contributed by atoms with Crippen LogP contribution in [-0.2, 0) is 22.6 Å². The summed E-state index contributed by atoms with van der Waals surface area (Å²) in [6.07, 6.45) is 4.24.